The van der Waals surface area contributed by atoms with Crippen LogP contribution in [0.25, 0.3) is 0 Å². The summed E-state index contributed by atoms with van der Waals surface area (Å²) < 4.78 is 5.72. The standard InChI is InChI=1S/C15H28N2O2/c1-5-7-13(6-2)17-15(18)16-10-12-8-9-19-14(12)11(3)4/h5,11-14H,1,6-10H2,2-4H3,(H2,16,17,18)/t12-,13-,14+/m0/s1. The van der Waals surface area contributed by atoms with Gasteiger partial charge in [0.15, 0.2) is 0 Å². The number of carbonyl (C=O) groups excluding carboxylic acids is 1. The second-order valence-corrected chi connectivity index (χ2v) is 5.61. The van der Waals surface area contributed by atoms with E-state index < -0.39 is 0 Å². The molecular formula is C15H28N2O2. The summed E-state index contributed by atoms with van der Waals surface area (Å²) in [5, 5.41) is 5.94. The van der Waals surface area contributed by atoms with Crippen LogP contribution in [0.4, 0.5) is 4.79 Å². The van der Waals surface area contributed by atoms with E-state index in [0.717, 1.165) is 25.9 Å². The number of ether oxygens (including phenoxy) is 1. The van der Waals surface area contributed by atoms with E-state index in [9.17, 15) is 4.79 Å². The van der Waals surface area contributed by atoms with Crippen LogP contribution in [0.15, 0.2) is 12.7 Å². The van der Waals surface area contributed by atoms with Crippen molar-refractivity contribution in [1.29, 1.82) is 0 Å². The number of urea groups is 1. The molecule has 2 amide bonds. The first-order valence-corrected chi connectivity index (χ1v) is 7.35. The van der Waals surface area contributed by atoms with Crippen molar-refractivity contribution < 1.29 is 9.53 Å². The average Bonchev–Trinajstić information content (AvgIpc) is 2.84. The molecule has 1 aliphatic heterocycles. The summed E-state index contributed by atoms with van der Waals surface area (Å²) in [7, 11) is 0. The van der Waals surface area contributed by atoms with Gasteiger partial charge in [-0.2, -0.15) is 0 Å². The van der Waals surface area contributed by atoms with Crippen LogP contribution in [0.3, 0.4) is 0 Å². The van der Waals surface area contributed by atoms with Crippen LogP contribution in [-0.4, -0.2) is 31.3 Å². The van der Waals surface area contributed by atoms with Gasteiger partial charge in [-0.05, 0) is 25.2 Å². The van der Waals surface area contributed by atoms with Crippen LogP contribution in [0, 0.1) is 11.8 Å². The van der Waals surface area contributed by atoms with Gasteiger partial charge < -0.3 is 15.4 Å². The largest absolute Gasteiger partial charge is 0.378 e. The molecule has 0 aromatic rings. The zero-order valence-corrected chi connectivity index (χ0v) is 12.4. The molecular weight excluding hydrogens is 240 g/mol. The summed E-state index contributed by atoms with van der Waals surface area (Å²) >= 11 is 0. The first kappa shape index (κ1) is 16.0. The summed E-state index contributed by atoms with van der Waals surface area (Å²) in [6.07, 6.45) is 4.88. The molecule has 4 nitrogen and oxygen atoms in total. The normalized spacial score (nSPS) is 24.2. The predicted molar refractivity (Wildman–Crippen MR) is 78.1 cm³/mol. The molecule has 3 atom stereocenters. The number of amides is 2. The van der Waals surface area contributed by atoms with Gasteiger partial charge in [-0.25, -0.2) is 4.79 Å². The Kier molecular flexibility index (Phi) is 6.92. The van der Waals surface area contributed by atoms with Crippen molar-refractivity contribution in [2.45, 2.75) is 52.2 Å². The minimum atomic E-state index is -0.0805. The van der Waals surface area contributed by atoms with Gasteiger partial charge in [-0.3, -0.25) is 0 Å². The Balaban J connectivity index is 2.31. The minimum Gasteiger partial charge on any atom is -0.378 e. The molecule has 1 rings (SSSR count). The topological polar surface area (TPSA) is 50.4 Å². The molecule has 0 saturated carbocycles. The molecule has 1 aliphatic rings. The molecule has 0 aromatic carbocycles. The highest BCUT2D eigenvalue weighted by atomic mass is 16.5. The highest BCUT2D eigenvalue weighted by Gasteiger charge is 2.30. The Hall–Kier alpha value is -1.03. The molecule has 19 heavy (non-hydrogen) atoms. The minimum absolute atomic E-state index is 0.0805. The second kappa shape index (κ2) is 8.20. The van der Waals surface area contributed by atoms with Crippen molar-refractivity contribution >= 4 is 6.03 Å². The Bertz CT molecular complexity index is 292. The van der Waals surface area contributed by atoms with Crippen molar-refractivity contribution in [3.05, 3.63) is 12.7 Å². The van der Waals surface area contributed by atoms with E-state index in [-0.39, 0.29) is 18.2 Å². The Morgan fingerprint density at radius 2 is 2.26 bits per heavy atom. The Morgan fingerprint density at radius 3 is 2.84 bits per heavy atom. The van der Waals surface area contributed by atoms with Gasteiger partial charge in [0.1, 0.15) is 0 Å². The number of nitrogens with one attached hydrogen (secondary N) is 2. The molecule has 1 fully saturated rings. The molecule has 0 aromatic heterocycles. The van der Waals surface area contributed by atoms with E-state index in [1.54, 1.807) is 0 Å². The van der Waals surface area contributed by atoms with E-state index in [1.807, 2.05) is 6.08 Å². The molecule has 0 radical (unpaired) electrons. The van der Waals surface area contributed by atoms with E-state index in [1.165, 1.54) is 0 Å². The fraction of sp³-hybridized carbons (Fsp3) is 0.800. The number of hydrogen-bond acceptors (Lipinski definition) is 2. The van der Waals surface area contributed by atoms with Gasteiger partial charge in [-0.1, -0.05) is 26.8 Å². The lowest BCUT2D eigenvalue weighted by atomic mass is 9.93. The first-order chi connectivity index (χ1) is 9.08. The molecule has 0 bridgehead atoms. The maximum Gasteiger partial charge on any atom is 0.315 e. The van der Waals surface area contributed by atoms with Crippen molar-refractivity contribution in [3.63, 3.8) is 0 Å². The molecule has 4 heteroatoms. The summed E-state index contributed by atoms with van der Waals surface area (Å²) in [6.45, 7) is 11.6. The van der Waals surface area contributed by atoms with Gasteiger partial charge in [0.05, 0.1) is 6.10 Å². The highest BCUT2D eigenvalue weighted by molar-refractivity contribution is 5.74. The molecule has 0 spiro atoms. The summed E-state index contributed by atoms with van der Waals surface area (Å²) in [6, 6.07) is 0.0985. The van der Waals surface area contributed by atoms with E-state index in [0.29, 0.717) is 18.4 Å². The smallest absolute Gasteiger partial charge is 0.315 e. The third-order valence-electron chi connectivity index (χ3n) is 3.72. The van der Waals surface area contributed by atoms with E-state index in [2.05, 4.69) is 38.0 Å². The zero-order chi connectivity index (χ0) is 14.3. The van der Waals surface area contributed by atoms with Gasteiger partial charge in [0, 0.05) is 25.1 Å². The summed E-state index contributed by atoms with van der Waals surface area (Å²) in [5.41, 5.74) is 0. The quantitative estimate of drug-likeness (QED) is 0.697. The fourth-order valence-electron chi connectivity index (χ4n) is 2.60. The third-order valence-corrected chi connectivity index (χ3v) is 3.72. The lowest BCUT2D eigenvalue weighted by molar-refractivity contribution is 0.0545. The van der Waals surface area contributed by atoms with Crippen LogP contribution in [0.1, 0.15) is 40.0 Å². The van der Waals surface area contributed by atoms with Crippen LogP contribution in [-0.2, 0) is 4.74 Å². The fourth-order valence-corrected chi connectivity index (χ4v) is 2.60. The molecule has 2 N–H and O–H groups in total. The Labute approximate surface area is 117 Å². The van der Waals surface area contributed by atoms with Crippen LogP contribution in [0.2, 0.25) is 0 Å². The van der Waals surface area contributed by atoms with Crippen LogP contribution >= 0.6 is 0 Å². The van der Waals surface area contributed by atoms with Crippen molar-refractivity contribution in [1.82, 2.24) is 10.6 Å². The summed E-state index contributed by atoms with van der Waals surface area (Å²) in [4.78, 5) is 11.8. The summed E-state index contributed by atoms with van der Waals surface area (Å²) in [5.74, 6) is 0.937. The number of rotatable bonds is 7. The molecule has 110 valence electrons. The van der Waals surface area contributed by atoms with E-state index >= 15 is 0 Å². The lowest BCUT2D eigenvalue weighted by Crippen LogP contribution is -2.44. The van der Waals surface area contributed by atoms with Gasteiger partial charge >= 0.3 is 6.03 Å². The van der Waals surface area contributed by atoms with Gasteiger partial charge in [0.2, 0.25) is 0 Å². The van der Waals surface area contributed by atoms with Crippen molar-refractivity contribution in [3.8, 4) is 0 Å². The Morgan fingerprint density at radius 1 is 1.53 bits per heavy atom. The molecule has 0 aliphatic carbocycles. The molecule has 1 saturated heterocycles. The second-order valence-electron chi connectivity index (χ2n) is 5.61. The van der Waals surface area contributed by atoms with Crippen molar-refractivity contribution in [2.75, 3.05) is 13.2 Å². The maximum absolute atomic E-state index is 11.8. The number of carbonyl (C=O) groups is 1. The van der Waals surface area contributed by atoms with Crippen LogP contribution in [0.5, 0.6) is 0 Å². The molecule has 0 unspecified atom stereocenters. The average molecular weight is 268 g/mol. The van der Waals surface area contributed by atoms with E-state index in [4.69, 9.17) is 4.74 Å². The SMILES string of the molecule is C=CC[C@H](CC)NC(=O)NC[C@@H]1CCO[C@@H]1C(C)C. The van der Waals surface area contributed by atoms with Gasteiger partial charge in [0.25, 0.3) is 0 Å². The first-order valence-electron chi connectivity index (χ1n) is 7.35. The third kappa shape index (κ3) is 5.23. The maximum atomic E-state index is 11.8. The highest BCUT2D eigenvalue weighted by Crippen LogP contribution is 2.25. The van der Waals surface area contributed by atoms with Gasteiger partial charge in [-0.15, -0.1) is 6.58 Å². The number of hydrogen-bond donors (Lipinski definition) is 2. The zero-order valence-electron chi connectivity index (χ0n) is 12.4. The lowest BCUT2D eigenvalue weighted by Gasteiger charge is -2.23. The monoisotopic (exact) mass is 268 g/mol. The van der Waals surface area contributed by atoms with Crippen molar-refractivity contribution in [2.24, 2.45) is 11.8 Å². The van der Waals surface area contributed by atoms with Crippen LogP contribution < -0.4 is 10.6 Å². The molecule has 1 heterocycles. The predicted octanol–water partition coefficient (Wildman–Crippen LogP) is 2.70.